The second-order valence-corrected chi connectivity index (χ2v) is 5.41. The Morgan fingerprint density at radius 3 is 2.80 bits per heavy atom. The summed E-state index contributed by atoms with van der Waals surface area (Å²) in [4.78, 5) is 2.31. The van der Waals surface area contributed by atoms with Crippen LogP contribution in [0.3, 0.4) is 0 Å². The van der Waals surface area contributed by atoms with Gasteiger partial charge in [-0.15, -0.1) is 5.46 Å². The Hall–Kier alpha value is -1.17. The summed E-state index contributed by atoms with van der Waals surface area (Å²) < 4.78 is 43.4. The van der Waals surface area contributed by atoms with Gasteiger partial charge in [-0.05, 0) is 45.0 Å². The number of ether oxygens (including phenoxy) is 1. The fourth-order valence-corrected chi connectivity index (χ4v) is 2.63. The number of hydrogen-bond acceptors (Lipinski definition) is 2. The summed E-state index contributed by atoms with van der Waals surface area (Å²) in [6.07, 6.45) is 4.45. The van der Waals surface area contributed by atoms with Gasteiger partial charge in [0.25, 0.3) is 0 Å². The minimum absolute atomic E-state index is 0.306. The van der Waals surface area contributed by atoms with Crippen molar-refractivity contribution in [1.29, 1.82) is 0 Å². The lowest BCUT2D eigenvalue weighted by atomic mass is 9.80. The molecule has 0 aromatic heterocycles. The number of piperidine rings is 1. The maximum absolute atomic E-state index is 12.6. The molecular formula is C14H20BF3NO-. The molecule has 6 heteroatoms. The van der Waals surface area contributed by atoms with E-state index >= 15 is 0 Å². The van der Waals surface area contributed by atoms with E-state index in [0.29, 0.717) is 18.4 Å². The maximum Gasteiger partial charge on any atom is 0.509 e. The molecule has 1 atom stereocenters. The number of hydrogen-bond donors (Lipinski definition) is 0. The summed E-state index contributed by atoms with van der Waals surface area (Å²) in [5.74, 6) is 0.306. The Morgan fingerprint density at radius 2 is 2.10 bits per heavy atom. The van der Waals surface area contributed by atoms with Crippen LogP contribution in [0.1, 0.15) is 25.7 Å². The summed E-state index contributed by atoms with van der Waals surface area (Å²) in [5.41, 5.74) is -0.600. The second-order valence-electron chi connectivity index (χ2n) is 5.41. The van der Waals surface area contributed by atoms with Gasteiger partial charge in [-0.2, -0.15) is 0 Å². The molecule has 0 N–H and O–H groups in total. The van der Waals surface area contributed by atoms with Crippen molar-refractivity contribution in [3.05, 3.63) is 24.3 Å². The van der Waals surface area contributed by atoms with E-state index in [0.717, 1.165) is 31.5 Å². The topological polar surface area (TPSA) is 12.5 Å². The van der Waals surface area contributed by atoms with E-state index in [1.165, 1.54) is 18.9 Å². The standard InChI is InChI=1S/C14H20BF3NO/c1-19-9-3-2-6-13(19)8-10-20-14-7-4-5-12(11-14)15(16,17)18/h4-5,7,11,13H,2-3,6,8-10H2,1H3/q-1. The zero-order valence-electron chi connectivity index (χ0n) is 11.7. The van der Waals surface area contributed by atoms with Crippen molar-refractivity contribution in [1.82, 2.24) is 4.90 Å². The largest absolute Gasteiger partial charge is 0.509 e. The Morgan fingerprint density at radius 1 is 1.30 bits per heavy atom. The monoisotopic (exact) mass is 286 g/mol. The highest BCUT2D eigenvalue weighted by Crippen LogP contribution is 2.19. The van der Waals surface area contributed by atoms with Gasteiger partial charge in [0, 0.05) is 6.04 Å². The lowest BCUT2D eigenvalue weighted by Crippen LogP contribution is -2.37. The highest BCUT2D eigenvalue weighted by atomic mass is 19.4. The number of likely N-dealkylation sites (tertiary alicyclic amines) is 1. The molecule has 1 aliphatic heterocycles. The van der Waals surface area contributed by atoms with Crippen molar-refractivity contribution < 1.29 is 17.7 Å². The predicted molar refractivity (Wildman–Crippen MR) is 75.5 cm³/mol. The van der Waals surface area contributed by atoms with Crippen LogP contribution in [0.4, 0.5) is 12.9 Å². The number of halogens is 3. The smallest absolute Gasteiger partial charge is 0.494 e. The first-order valence-electron chi connectivity index (χ1n) is 7.10. The van der Waals surface area contributed by atoms with Gasteiger partial charge < -0.3 is 22.6 Å². The minimum Gasteiger partial charge on any atom is -0.494 e. The molecule has 2 nitrogen and oxygen atoms in total. The Kier molecular flexibility index (Phi) is 4.97. The quantitative estimate of drug-likeness (QED) is 0.772. The molecule has 0 radical (unpaired) electrons. The van der Waals surface area contributed by atoms with Crippen LogP contribution in [0.15, 0.2) is 24.3 Å². The molecule has 0 spiro atoms. The molecule has 2 rings (SSSR count). The van der Waals surface area contributed by atoms with Gasteiger partial charge >= 0.3 is 6.98 Å². The van der Waals surface area contributed by atoms with Crippen molar-refractivity contribution in [2.75, 3.05) is 20.2 Å². The molecule has 1 aromatic carbocycles. The first-order chi connectivity index (χ1) is 9.47. The molecule has 1 heterocycles. The average molecular weight is 286 g/mol. The van der Waals surface area contributed by atoms with Crippen molar-refractivity contribution in [2.24, 2.45) is 0 Å². The van der Waals surface area contributed by atoms with Crippen LogP contribution >= 0.6 is 0 Å². The number of rotatable bonds is 5. The minimum atomic E-state index is -4.96. The number of benzene rings is 1. The molecule has 1 saturated heterocycles. The van der Waals surface area contributed by atoms with E-state index in [9.17, 15) is 12.9 Å². The van der Waals surface area contributed by atoms with E-state index in [1.807, 2.05) is 0 Å². The molecule has 1 aromatic rings. The second kappa shape index (κ2) is 6.52. The van der Waals surface area contributed by atoms with Gasteiger partial charge in [-0.25, -0.2) is 0 Å². The zero-order chi connectivity index (χ0) is 14.6. The van der Waals surface area contributed by atoms with E-state index < -0.39 is 12.4 Å². The van der Waals surface area contributed by atoms with Crippen LogP contribution in [0, 0.1) is 0 Å². The van der Waals surface area contributed by atoms with E-state index in [-0.39, 0.29) is 0 Å². The molecule has 0 amide bonds. The SMILES string of the molecule is CN1CCCCC1CCOc1cccc([B-](F)(F)F)c1. The zero-order valence-corrected chi connectivity index (χ0v) is 11.7. The maximum atomic E-state index is 12.6. The van der Waals surface area contributed by atoms with Gasteiger partial charge in [0.1, 0.15) is 5.75 Å². The van der Waals surface area contributed by atoms with E-state index in [2.05, 4.69) is 11.9 Å². The average Bonchev–Trinajstić information content (AvgIpc) is 2.40. The molecule has 1 unspecified atom stereocenters. The molecule has 1 fully saturated rings. The fourth-order valence-electron chi connectivity index (χ4n) is 2.63. The number of nitrogens with zero attached hydrogens (tertiary/aromatic N) is 1. The summed E-state index contributed by atoms with van der Waals surface area (Å²) in [5, 5.41) is 0. The van der Waals surface area contributed by atoms with Gasteiger partial charge in [-0.1, -0.05) is 18.6 Å². The van der Waals surface area contributed by atoms with Crippen LogP contribution < -0.4 is 10.2 Å². The summed E-state index contributed by atoms with van der Waals surface area (Å²) in [6, 6.07) is 5.63. The fraction of sp³-hybridized carbons (Fsp3) is 0.571. The van der Waals surface area contributed by atoms with Crippen molar-refractivity contribution in [3.8, 4) is 5.75 Å². The molecule has 1 aliphatic rings. The molecule has 0 bridgehead atoms. The van der Waals surface area contributed by atoms with E-state index in [1.54, 1.807) is 6.07 Å². The van der Waals surface area contributed by atoms with Gasteiger partial charge in [-0.3, -0.25) is 0 Å². The third-order valence-electron chi connectivity index (χ3n) is 3.88. The first kappa shape index (κ1) is 15.2. The lowest BCUT2D eigenvalue weighted by Gasteiger charge is -2.32. The third kappa shape index (κ3) is 4.17. The Bertz CT molecular complexity index is 439. The third-order valence-corrected chi connectivity index (χ3v) is 3.88. The van der Waals surface area contributed by atoms with Crippen molar-refractivity contribution in [3.63, 3.8) is 0 Å². The highest BCUT2D eigenvalue weighted by Gasteiger charge is 2.25. The summed E-state index contributed by atoms with van der Waals surface area (Å²) in [6.45, 7) is -3.40. The Labute approximate surface area is 118 Å². The molecule has 112 valence electrons. The van der Waals surface area contributed by atoms with E-state index in [4.69, 9.17) is 4.74 Å². The van der Waals surface area contributed by atoms with Gasteiger partial charge in [0.15, 0.2) is 0 Å². The van der Waals surface area contributed by atoms with Gasteiger partial charge in [0.2, 0.25) is 0 Å². The van der Waals surface area contributed by atoms with Crippen molar-refractivity contribution in [2.45, 2.75) is 31.7 Å². The predicted octanol–water partition coefficient (Wildman–Crippen LogP) is 2.99. The molecule has 0 saturated carbocycles. The van der Waals surface area contributed by atoms with Crippen LogP contribution in [0.5, 0.6) is 5.75 Å². The molecule has 0 aliphatic carbocycles. The normalized spacial score (nSPS) is 20.9. The lowest BCUT2D eigenvalue weighted by molar-refractivity contribution is 0.153. The van der Waals surface area contributed by atoms with Crippen LogP contribution in [0.2, 0.25) is 0 Å². The molecular weight excluding hydrogens is 266 g/mol. The van der Waals surface area contributed by atoms with Crippen LogP contribution in [-0.2, 0) is 0 Å². The Balaban J connectivity index is 1.85. The molecule has 20 heavy (non-hydrogen) atoms. The van der Waals surface area contributed by atoms with Crippen molar-refractivity contribution >= 4 is 12.4 Å². The first-order valence-corrected chi connectivity index (χ1v) is 7.10. The van der Waals surface area contributed by atoms with Gasteiger partial charge in [0.05, 0.1) is 6.61 Å². The van der Waals surface area contributed by atoms with Crippen LogP contribution in [0.25, 0.3) is 0 Å². The summed E-state index contributed by atoms with van der Waals surface area (Å²) in [7, 11) is 2.09. The summed E-state index contributed by atoms with van der Waals surface area (Å²) >= 11 is 0. The van der Waals surface area contributed by atoms with Crippen LogP contribution in [-0.4, -0.2) is 38.1 Å². The highest BCUT2D eigenvalue weighted by molar-refractivity contribution is 6.73.